The molecule has 0 saturated heterocycles. The van der Waals surface area contributed by atoms with Crippen molar-refractivity contribution >= 4 is 17.8 Å². The maximum atomic E-state index is 12.8. The van der Waals surface area contributed by atoms with E-state index in [9.17, 15) is 14.4 Å². The Morgan fingerprint density at radius 1 is 1.00 bits per heavy atom. The summed E-state index contributed by atoms with van der Waals surface area (Å²) in [6.45, 7) is 12.8. The lowest BCUT2D eigenvalue weighted by molar-refractivity contribution is -0.145. The quantitative estimate of drug-likeness (QED) is 0.151. The molecule has 0 aliphatic rings. The van der Waals surface area contributed by atoms with Crippen LogP contribution in [-0.2, 0) is 23.8 Å². The van der Waals surface area contributed by atoms with Gasteiger partial charge in [-0.1, -0.05) is 53.0 Å². The fraction of sp³-hybridized carbons (Fsp3) is 0.800. The van der Waals surface area contributed by atoms with E-state index in [1.54, 1.807) is 0 Å². The Morgan fingerprint density at radius 2 is 1.75 bits per heavy atom. The molecule has 7 heteroatoms. The Hall–Kier alpha value is -1.89. The van der Waals surface area contributed by atoms with Crippen molar-refractivity contribution < 1.29 is 28.6 Å². The summed E-state index contributed by atoms with van der Waals surface area (Å²) in [6, 6.07) is 0. The lowest BCUT2D eigenvalue weighted by Crippen LogP contribution is -2.39. The number of ether oxygens (including phenoxy) is 3. The summed E-state index contributed by atoms with van der Waals surface area (Å²) < 4.78 is 16.0. The zero-order valence-corrected chi connectivity index (χ0v) is 20.7. The third-order valence-electron chi connectivity index (χ3n) is 5.76. The van der Waals surface area contributed by atoms with Gasteiger partial charge in [-0.05, 0) is 44.9 Å². The number of alkyl carbamates (subject to hydrolysis) is 1. The first-order chi connectivity index (χ1) is 15.3. The van der Waals surface area contributed by atoms with Crippen LogP contribution in [-0.4, -0.2) is 49.8 Å². The normalized spacial score (nSPS) is 13.6. The number of unbranched alkanes of at least 4 members (excludes halogenated alkanes) is 4. The number of hydrogen-bond donors (Lipinski definition) is 1. The standard InChI is InChI=1S/C25H45NO6/c1-6-10-12-15-21(7-2)20-32-25(5,9-4)22(27)16-13-11-14-18-31-24(29)26-17-19-30-23(28)8-3/h8,21H,3,6-7,9-20H2,1-2,4-5H3,(H,26,29). The van der Waals surface area contributed by atoms with Crippen LogP contribution in [0.1, 0.15) is 91.9 Å². The number of nitrogens with one attached hydrogen (secondary N) is 1. The van der Waals surface area contributed by atoms with Crippen molar-refractivity contribution in [2.24, 2.45) is 5.92 Å². The molecule has 0 aliphatic carbocycles. The van der Waals surface area contributed by atoms with Crippen LogP contribution < -0.4 is 5.32 Å². The van der Waals surface area contributed by atoms with Crippen molar-refractivity contribution in [3.63, 3.8) is 0 Å². The van der Waals surface area contributed by atoms with E-state index >= 15 is 0 Å². The van der Waals surface area contributed by atoms with E-state index in [0.29, 0.717) is 31.8 Å². The molecule has 32 heavy (non-hydrogen) atoms. The highest BCUT2D eigenvalue weighted by Gasteiger charge is 2.32. The maximum Gasteiger partial charge on any atom is 0.407 e. The lowest BCUT2D eigenvalue weighted by atomic mass is 9.92. The van der Waals surface area contributed by atoms with Crippen LogP contribution in [0.25, 0.3) is 0 Å². The van der Waals surface area contributed by atoms with E-state index in [2.05, 4.69) is 25.7 Å². The van der Waals surface area contributed by atoms with E-state index in [-0.39, 0.29) is 25.5 Å². The molecule has 0 aliphatic heterocycles. The second-order valence-corrected chi connectivity index (χ2v) is 8.33. The fourth-order valence-corrected chi connectivity index (χ4v) is 3.18. The molecule has 186 valence electrons. The molecule has 0 aromatic heterocycles. The number of ketones is 1. The molecule has 1 N–H and O–H groups in total. The Morgan fingerprint density at radius 3 is 2.38 bits per heavy atom. The first-order valence-electron chi connectivity index (χ1n) is 12.2. The molecule has 1 amide bonds. The molecular weight excluding hydrogens is 410 g/mol. The minimum atomic E-state index is -0.719. The summed E-state index contributed by atoms with van der Waals surface area (Å²) in [5.74, 6) is 0.130. The van der Waals surface area contributed by atoms with Gasteiger partial charge in [-0.2, -0.15) is 0 Å². The molecule has 2 unspecified atom stereocenters. The summed E-state index contributed by atoms with van der Waals surface area (Å²) in [7, 11) is 0. The Balaban J connectivity index is 4.02. The molecule has 7 nitrogen and oxygen atoms in total. The van der Waals surface area contributed by atoms with Crippen molar-refractivity contribution in [3.8, 4) is 0 Å². The highest BCUT2D eigenvalue weighted by Crippen LogP contribution is 2.23. The second kappa shape index (κ2) is 18.7. The first-order valence-corrected chi connectivity index (χ1v) is 12.2. The largest absolute Gasteiger partial charge is 0.461 e. The van der Waals surface area contributed by atoms with Gasteiger partial charge in [0.2, 0.25) is 0 Å². The van der Waals surface area contributed by atoms with Crippen molar-refractivity contribution in [3.05, 3.63) is 12.7 Å². The van der Waals surface area contributed by atoms with Gasteiger partial charge in [0.05, 0.1) is 19.8 Å². The lowest BCUT2D eigenvalue weighted by Gasteiger charge is -2.29. The van der Waals surface area contributed by atoms with Gasteiger partial charge in [0.15, 0.2) is 5.78 Å². The fourth-order valence-electron chi connectivity index (χ4n) is 3.18. The molecule has 0 saturated carbocycles. The monoisotopic (exact) mass is 455 g/mol. The van der Waals surface area contributed by atoms with E-state index in [1.165, 1.54) is 19.3 Å². The first kappa shape index (κ1) is 30.1. The number of carbonyl (C=O) groups is 3. The smallest absolute Gasteiger partial charge is 0.407 e. The van der Waals surface area contributed by atoms with Gasteiger partial charge in [-0.25, -0.2) is 9.59 Å². The molecule has 0 aromatic carbocycles. The van der Waals surface area contributed by atoms with Gasteiger partial charge in [0.25, 0.3) is 0 Å². The molecule has 0 radical (unpaired) electrons. The summed E-state index contributed by atoms with van der Waals surface area (Å²) >= 11 is 0. The highest BCUT2D eigenvalue weighted by atomic mass is 16.6. The van der Waals surface area contributed by atoms with Crippen LogP contribution in [0.5, 0.6) is 0 Å². The summed E-state index contributed by atoms with van der Waals surface area (Å²) in [6.07, 6.45) is 9.79. The molecular formula is C25H45NO6. The van der Waals surface area contributed by atoms with Gasteiger partial charge in [0, 0.05) is 12.5 Å². The maximum absolute atomic E-state index is 12.8. The second-order valence-electron chi connectivity index (χ2n) is 8.33. The molecule has 0 fully saturated rings. The van der Waals surface area contributed by atoms with Crippen LogP contribution in [0.3, 0.4) is 0 Å². The van der Waals surface area contributed by atoms with E-state index in [4.69, 9.17) is 14.2 Å². The number of esters is 1. The number of carbonyl (C=O) groups excluding carboxylic acids is 3. The third kappa shape index (κ3) is 14.2. The van der Waals surface area contributed by atoms with E-state index in [0.717, 1.165) is 31.8 Å². The summed E-state index contributed by atoms with van der Waals surface area (Å²) in [5, 5.41) is 2.50. The van der Waals surface area contributed by atoms with Gasteiger partial charge >= 0.3 is 12.1 Å². The van der Waals surface area contributed by atoms with Crippen LogP contribution in [0.2, 0.25) is 0 Å². The zero-order valence-electron chi connectivity index (χ0n) is 20.7. The van der Waals surface area contributed by atoms with Crippen LogP contribution in [0.15, 0.2) is 12.7 Å². The Bertz CT molecular complexity index is 551. The predicted octanol–water partition coefficient (Wildman–Crippen LogP) is 5.36. The summed E-state index contributed by atoms with van der Waals surface area (Å²) in [5.41, 5.74) is -0.719. The topological polar surface area (TPSA) is 90.9 Å². The van der Waals surface area contributed by atoms with Crippen LogP contribution in [0.4, 0.5) is 4.79 Å². The van der Waals surface area contributed by atoms with Gasteiger partial charge in [0.1, 0.15) is 12.2 Å². The van der Waals surface area contributed by atoms with Gasteiger partial charge in [-0.3, -0.25) is 4.79 Å². The molecule has 0 heterocycles. The SMILES string of the molecule is C=CC(=O)OCCNC(=O)OCCCCCC(=O)C(C)(CC)OCC(CC)CCCCC. The Labute approximate surface area is 194 Å². The van der Waals surface area contributed by atoms with Crippen molar-refractivity contribution in [2.75, 3.05) is 26.4 Å². The number of rotatable bonds is 20. The molecule has 0 spiro atoms. The molecule has 0 rings (SSSR count). The van der Waals surface area contributed by atoms with Crippen LogP contribution in [0, 0.1) is 5.92 Å². The van der Waals surface area contributed by atoms with Crippen molar-refractivity contribution in [1.29, 1.82) is 0 Å². The third-order valence-corrected chi connectivity index (χ3v) is 5.76. The minimum absolute atomic E-state index is 0.0675. The minimum Gasteiger partial charge on any atom is -0.461 e. The Kier molecular flexibility index (Phi) is 17.6. The van der Waals surface area contributed by atoms with Crippen molar-refractivity contribution in [1.82, 2.24) is 5.32 Å². The average molecular weight is 456 g/mol. The molecule has 2 atom stereocenters. The number of amides is 1. The molecule has 0 aromatic rings. The van der Waals surface area contributed by atoms with Crippen molar-refractivity contribution in [2.45, 2.75) is 97.5 Å². The average Bonchev–Trinajstić information content (AvgIpc) is 2.80. The predicted molar refractivity (Wildman–Crippen MR) is 127 cm³/mol. The van der Waals surface area contributed by atoms with E-state index in [1.807, 2.05) is 13.8 Å². The number of Topliss-reactive ketones (excluding diaryl/α,β-unsaturated/α-hetero) is 1. The summed E-state index contributed by atoms with van der Waals surface area (Å²) in [4.78, 5) is 35.2. The van der Waals surface area contributed by atoms with Crippen LogP contribution >= 0.6 is 0 Å². The van der Waals surface area contributed by atoms with Gasteiger partial charge in [-0.15, -0.1) is 0 Å². The van der Waals surface area contributed by atoms with E-state index < -0.39 is 17.7 Å². The highest BCUT2D eigenvalue weighted by molar-refractivity contribution is 5.86. The number of hydrogen-bond acceptors (Lipinski definition) is 6. The molecule has 0 bridgehead atoms. The van der Waals surface area contributed by atoms with Gasteiger partial charge < -0.3 is 19.5 Å². The zero-order chi connectivity index (χ0) is 24.2.